The first-order valence-corrected chi connectivity index (χ1v) is 7.61. The number of carbonyl (C=O) groups excluding carboxylic acids is 3. The molecule has 11 nitrogen and oxygen atoms in total. The van der Waals surface area contributed by atoms with E-state index in [1.54, 1.807) is 4.90 Å². The number of ether oxygens (including phenoxy) is 2. The van der Waals surface area contributed by atoms with Gasteiger partial charge >= 0.3 is 12.1 Å². The zero-order valence-electron chi connectivity index (χ0n) is 13.2. The summed E-state index contributed by atoms with van der Waals surface area (Å²) < 4.78 is 11.1. The highest BCUT2D eigenvalue weighted by atomic mass is 16.6. The van der Waals surface area contributed by atoms with Gasteiger partial charge in [0.25, 0.3) is 0 Å². The second-order valence-corrected chi connectivity index (χ2v) is 5.64. The van der Waals surface area contributed by atoms with E-state index in [9.17, 15) is 14.4 Å². The number of rotatable bonds is 4. The van der Waals surface area contributed by atoms with Crippen LogP contribution >= 0.6 is 0 Å². The van der Waals surface area contributed by atoms with Gasteiger partial charge in [0.1, 0.15) is 19.5 Å². The first kappa shape index (κ1) is 16.1. The summed E-state index contributed by atoms with van der Waals surface area (Å²) in [6, 6.07) is -0.864. The van der Waals surface area contributed by atoms with Gasteiger partial charge in [0.2, 0.25) is 5.91 Å². The number of carbonyl (C=O) groups is 3. The molecule has 3 heterocycles. The highest BCUT2D eigenvalue weighted by Crippen LogP contribution is 2.24. The third kappa shape index (κ3) is 3.14. The molecular weight excluding hydrogens is 320 g/mol. The summed E-state index contributed by atoms with van der Waals surface area (Å²) in [4.78, 5) is 39.0. The number of hydrogen-bond acceptors (Lipinski definition) is 8. The summed E-state index contributed by atoms with van der Waals surface area (Å²) in [5.74, 6) is -0.577. The quantitative estimate of drug-likeness (QED) is 0.619. The molecule has 0 radical (unpaired) electrons. The van der Waals surface area contributed by atoms with Crippen LogP contribution in [0.4, 0.5) is 4.79 Å². The van der Waals surface area contributed by atoms with Gasteiger partial charge in [-0.1, -0.05) is 0 Å². The Hall–Kier alpha value is -2.72. The Morgan fingerprint density at radius 2 is 2.12 bits per heavy atom. The van der Waals surface area contributed by atoms with E-state index in [2.05, 4.69) is 15.5 Å². The van der Waals surface area contributed by atoms with Crippen LogP contribution in [0.1, 0.15) is 12.8 Å². The highest BCUT2D eigenvalue weighted by molar-refractivity contribution is 5.84. The molecule has 0 unspecified atom stereocenters. The zero-order chi connectivity index (χ0) is 17.1. The molecule has 0 bridgehead atoms. The van der Waals surface area contributed by atoms with Crippen molar-refractivity contribution in [2.75, 3.05) is 26.8 Å². The molecule has 2 aliphatic heterocycles. The van der Waals surface area contributed by atoms with Gasteiger partial charge in [0.15, 0.2) is 6.04 Å². The predicted octanol–water partition coefficient (Wildman–Crippen LogP) is -1.34. The van der Waals surface area contributed by atoms with Gasteiger partial charge < -0.3 is 14.4 Å². The fourth-order valence-electron chi connectivity index (χ4n) is 3.04. The number of cyclic esters (lactones) is 1. The molecule has 1 atom stereocenters. The van der Waals surface area contributed by atoms with Gasteiger partial charge in [0, 0.05) is 19.1 Å². The number of methoxy groups -OCH3 is 1. The number of nitrogens with zero attached hydrogens (tertiary/aromatic N) is 6. The molecule has 1 aromatic heterocycles. The number of aromatic nitrogens is 4. The molecule has 0 spiro atoms. The molecule has 2 fully saturated rings. The molecule has 0 aromatic carbocycles. The molecule has 0 saturated carbocycles. The summed E-state index contributed by atoms with van der Waals surface area (Å²) in [7, 11) is 1.28. The van der Waals surface area contributed by atoms with Gasteiger partial charge in [-0.05, 0) is 23.3 Å². The summed E-state index contributed by atoms with van der Waals surface area (Å²) >= 11 is 0. The molecule has 24 heavy (non-hydrogen) atoms. The summed E-state index contributed by atoms with van der Waals surface area (Å²) in [6.45, 7) is 1.06. The summed E-state index contributed by atoms with van der Waals surface area (Å²) in [5, 5.41) is 10.6. The molecule has 11 heteroatoms. The summed E-state index contributed by atoms with van der Waals surface area (Å²) in [6.07, 6.45) is 2.02. The fourth-order valence-corrected chi connectivity index (χ4v) is 3.04. The van der Waals surface area contributed by atoms with Crippen LogP contribution in [0.3, 0.4) is 0 Å². The number of likely N-dealkylation sites (tertiary alicyclic amines) is 1. The molecular formula is C13H18N6O5. The molecule has 130 valence electrons. The van der Waals surface area contributed by atoms with Gasteiger partial charge in [-0.3, -0.25) is 9.69 Å². The van der Waals surface area contributed by atoms with Gasteiger partial charge in [-0.25, -0.2) is 14.3 Å². The molecule has 2 aliphatic rings. The van der Waals surface area contributed by atoms with Crippen molar-refractivity contribution in [3.63, 3.8) is 0 Å². The first-order chi connectivity index (χ1) is 11.6. The van der Waals surface area contributed by atoms with Crippen LogP contribution < -0.4 is 0 Å². The number of piperidine rings is 1. The Balaban J connectivity index is 1.57. The van der Waals surface area contributed by atoms with Gasteiger partial charge in [-0.2, -0.15) is 0 Å². The van der Waals surface area contributed by atoms with E-state index in [1.165, 1.54) is 23.0 Å². The Bertz CT molecular complexity index is 612. The van der Waals surface area contributed by atoms with Crippen molar-refractivity contribution < 1.29 is 23.9 Å². The third-order valence-electron chi connectivity index (χ3n) is 4.28. The van der Waals surface area contributed by atoms with Crippen molar-refractivity contribution in [2.45, 2.75) is 31.5 Å². The largest absolute Gasteiger partial charge is 0.467 e. The highest BCUT2D eigenvalue weighted by Gasteiger charge is 2.44. The van der Waals surface area contributed by atoms with Crippen molar-refractivity contribution >= 4 is 18.0 Å². The molecule has 1 aromatic rings. The van der Waals surface area contributed by atoms with E-state index in [0.29, 0.717) is 25.9 Å². The second-order valence-electron chi connectivity index (χ2n) is 5.64. The minimum atomic E-state index is -0.712. The first-order valence-electron chi connectivity index (χ1n) is 7.61. The molecule has 0 aliphatic carbocycles. The van der Waals surface area contributed by atoms with Crippen molar-refractivity contribution in [2.24, 2.45) is 0 Å². The lowest BCUT2D eigenvalue weighted by Gasteiger charge is -2.37. The summed E-state index contributed by atoms with van der Waals surface area (Å²) in [5.41, 5.74) is 0. The van der Waals surface area contributed by atoms with E-state index in [4.69, 9.17) is 9.47 Å². The maximum absolute atomic E-state index is 12.2. The van der Waals surface area contributed by atoms with Crippen LogP contribution in [0.15, 0.2) is 6.33 Å². The molecule has 2 saturated heterocycles. The topological polar surface area (TPSA) is 120 Å². The fraction of sp³-hybridized carbons (Fsp3) is 0.692. The van der Waals surface area contributed by atoms with Crippen LogP contribution in [0.5, 0.6) is 0 Å². The van der Waals surface area contributed by atoms with Crippen molar-refractivity contribution in [1.82, 2.24) is 30.0 Å². The lowest BCUT2D eigenvalue weighted by atomic mass is 10.0. The monoisotopic (exact) mass is 338 g/mol. The van der Waals surface area contributed by atoms with E-state index in [0.717, 1.165) is 0 Å². The minimum Gasteiger partial charge on any atom is -0.467 e. The number of esters is 1. The van der Waals surface area contributed by atoms with E-state index < -0.39 is 18.1 Å². The molecule has 2 amide bonds. The van der Waals surface area contributed by atoms with Crippen LogP contribution in [-0.2, 0) is 25.6 Å². The van der Waals surface area contributed by atoms with Gasteiger partial charge in [-0.15, -0.1) is 5.10 Å². The van der Waals surface area contributed by atoms with Crippen LogP contribution in [-0.4, -0.2) is 86.9 Å². The number of tetrazole rings is 1. The van der Waals surface area contributed by atoms with Crippen LogP contribution in [0.25, 0.3) is 0 Å². The second kappa shape index (κ2) is 6.81. The zero-order valence-corrected chi connectivity index (χ0v) is 13.2. The Morgan fingerprint density at radius 1 is 1.38 bits per heavy atom. The predicted molar refractivity (Wildman–Crippen MR) is 76.4 cm³/mol. The van der Waals surface area contributed by atoms with E-state index in [-0.39, 0.29) is 25.1 Å². The normalized spacial score (nSPS) is 21.7. The van der Waals surface area contributed by atoms with Crippen LogP contribution in [0.2, 0.25) is 0 Å². The molecule has 0 N–H and O–H groups in total. The average Bonchev–Trinajstić information content (AvgIpc) is 3.24. The van der Waals surface area contributed by atoms with Crippen molar-refractivity contribution in [3.05, 3.63) is 6.33 Å². The minimum absolute atomic E-state index is 0.00392. The lowest BCUT2D eigenvalue weighted by Crippen LogP contribution is -2.52. The smallest absolute Gasteiger partial charge is 0.410 e. The van der Waals surface area contributed by atoms with Crippen molar-refractivity contribution in [3.8, 4) is 0 Å². The molecule has 3 rings (SSSR count). The van der Waals surface area contributed by atoms with E-state index in [1.807, 2.05) is 0 Å². The Kier molecular flexibility index (Phi) is 4.58. The van der Waals surface area contributed by atoms with Gasteiger partial charge in [0.05, 0.1) is 7.11 Å². The maximum atomic E-state index is 12.2. The maximum Gasteiger partial charge on any atom is 0.410 e. The SMILES string of the molecule is COC(=O)[C@H]1COC(=O)N1C1CCN(C(=O)Cn2cnnn2)CC1. The lowest BCUT2D eigenvalue weighted by molar-refractivity contribution is -0.146. The average molecular weight is 338 g/mol. The van der Waals surface area contributed by atoms with Crippen LogP contribution in [0, 0.1) is 0 Å². The Labute approximate surface area is 137 Å². The standard InChI is InChI=1S/C13H18N6O5/c1-23-12(21)10-7-24-13(22)19(10)9-2-4-17(5-3-9)11(20)6-18-8-14-15-16-18/h8-10H,2-7H2,1H3/t10-/m1/s1. The third-order valence-corrected chi connectivity index (χ3v) is 4.28. The number of amides is 2. The van der Waals surface area contributed by atoms with E-state index >= 15 is 0 Å². The Morgan fingerprint density at radius 3 is 2.75 bits per heavy atom. The number of hydrogen-bond donors (Lipinski definition) is 0. The van der Waals surface area contributed by atoms with Crippen molar-refractivity contribution in [1.29, 1.82) is 0 Å².